The first-order valence-electron chi connectivity index (χ1n) is 7.42. The molecule has 1 amide bonds. The Morgan fingerprint density at radius 1 is 1.14 bits per heavy atom. The van der Waals surface area contributed by atoms with Crippen LogP contribution in [0.25, 0.3) is 11.3 Å². The zero-order valence-electron chi connectivity index (χ0n) is 12.2. The lowest BCUT2D eigenvalue weighted by Gasteiger charge is -2.30. The molecule has 1 saturated heterocycles. The van der Waals surface area contributed by atoms with Crippen molar-refractivity contribution in [1.29, 1.82) is 0 Å². The van der Waals surface area contributed by atoms with Crippen LogP contribution in [0.3, 0.4) is 0 Å². The van der Waals surface area contributed by atoms with Crippen molar-refractivity contribution in [3.05, 3.63) is 48.2 Å². The fourth-order valence-corrected chi connectivity index (χ4v) is 2.75. The Morgan fingerprint density at radius 2 is 1.95 bits per heavy atom. The SMILES string of the molecule is CC1CCCN(C(=O)c2ccc(-c3ccccc3)nn2)C1. The highest BCUT2D eigenvalue weighted by atomic mass is 16.2. The summed E-state index contributed by atoms with van der Waals surface area (Å²) in [7, 11) is 0. The Labute approximate surface area is 124 Å². The normalized spacial score (nSPS) is 18.5. The van der Waals surface area contributed by atoms with E-state index in [9.17, 15) is 4.79 Å². The predicted octanol–water partition coefficient (Wildman–Crippen LogP) is 3.02. The Bertz CT molecular complexity index is 610. The molecular formula is C17H19N3O. The van der Waals surface area contributed by atoms with Crippen LogP contribution in [-0.2, 0) is 0 Å². The highest BCUT2D eigenvalue weighted by Gasteiger charge is 2.23. The Hall–Kier alpha value is -2.23. The number of amides is 1. The third-order valence-electron chi connectivity index (χ3n) is 3.90. The first-order chi connectivity index (χ1) is 10.2. The number of carbonyl (C=O) groups is 1. The van der Waals surface area contributed by atoms with Crippen molar-refractivity contribution >= 4 is 5.91 Å². The molecule has 1 aromatic carbocycles. The maximum absolute atomic E-state index is 12.4. The third kappa shape index (κ3) is 3.10. The topological polar surface area (TPSA) is 46.1 Å². The van der Waals surface area contributed by atoms with Gasteiger partial charge in [-0.15, -0.1) is 10.2 Å². The van der Waals surface area contributed by atoms with Crippen LogP contribution < -0.4 is 0 Å². The summed E-state index contributed by atoms with van der Waals surface area (Å²) in [6, 6.07) is 13.5. The zero-order valence-corrected chi connectivity index (χ0v) is 12.2. The second-order valence-corrected chi connectivity index (χ2v) is 5.67. The quantitative estimate of drug-likeness (QED) is 0.850. The second-order valence-electron chi connectivity index (χ2n) is 5.67. The molecule has 0 spiro atoms. The summed E-state index contributed by atoms with van der Waals surface area (Å²) in [6.07, 6.45) is 2.27. The van der Waals surface area contributed by atoms with Gasteiger partial charge in [0.15, 0.2) is 5.69 Å². The van der Waals surface area contributed by atoms with E-state index >= 15 is 0 Å². The summed E-state index contributed by atoms with van der Waals surface area (Å²) in [5.74, 6) is 0.563. The lowest BCUT2D eigenvalue weighted by atomic mass is 10.00. The lowest BCUT2D eigenvalue weighted by molar-refractivity contribution is 0.0676. The van der Waals surface area contributed by atoms with E-state index in [2.05, 4.69) is 17.1 Å². The van der Waals surface area contributed by atoms with Gasteiger partial charge in [0.25, 0.3) is 5.91 Å². The summed E-state index contributed by atoms with van der Waals surface area (Å²) < 4.78 is 0. The summed E-state index contributed by atoms with van der Waals surface area (Å²) in [4.78, 5) is 14.3. The standard InChI is InChI=1S/C17H19N3O/c1-13-6-5-11-20(12-13)17(21)16-10-9-15(18-19-16)14-7-3-2-4-8-14/h2-4,7-10,13H,5-6,11-12H2,1H3. The number of nitrogens with zero attached hydrogens (tertiary/aromatic N) is 3. The van der Waals surface area contributed by atoms with Gasteiger partial charge in [-0.1, -0.05) is 37.3 Å². The molecule has 0 N–H and O–H groups in total. The number of benzene rings is 1. The van der Waals surface area contributed by atoms with E-state index in [0.29, 0.717) is 11.6 Å². The maximum Gasteiger partial charge on any atom is 0.274 e. The molecule has 0 radical (unpaired) electrons. The molecule has 1 unspecified atom stereocenters. The van der Waals surface area contributed by atoms with Gasteiger partial charge in [-0.2, -0.15) is 0 Å². The minimum absolute atomic E-state index is 0.00587. The minimum Gasteiger partial charge on any atom is -0.337 e. The van der Waals surface area contributed by atoms with Crippen LogP contribution in [0.5, 0.6) is 0 Å². The molecule has 4 heteroatoms. The number of aromatic nitrogens is 2. The molecule has 21 heavy (non-hydrogen) atoms. The van der Waals surface area contributed by atoms with Crippen LogP contribution in [0.1, 0.15) is 30.3 Å². The van der Waals surface area contributed by atoms with E-state index in [1.165, 1.54) is 6.42 Å². The van der Waals surface area contributed by atoms with Crippen molar-refractivity contribution in [2.45, 2.75) is 19.8 Å². The minimum atomic E-state index is -0.00587. The van der Waals surface area contributed by atoms with E-state index in [0.717, 1.165) is 30.8 Å². The predicted molar refractivity (Wildman–Crippen MR) is 81.8 cm³/mol. The average molecular weight is 281 g/mol. The molecule has 1 aliphatic heterocycles. The molecule has 108 valence electrons. The van der Waals surface area contributed by atoms with Crippen molar-refractivity contribution in [3.8, 4) is 11.3 Å². The lowest BCUT2D eigenvalue weighted by Crippen LogP contribution is -2.39. The molecule has 1 aromatic heterocycles. The summed E-state index contributed by atoms with van der Waals surface area (Å²) in [5, 5.41) is 8.30. The molecule has 0 saturated carbocycles. The monoisotopic (exact) mass is 281 g/mol. The number of hydrogen-bond donors (Lipinski definition) is 0. The van der Waals surface area contributed by atoms with Gasteiger partial charge < -0.3 is 4.90 Å². The van der Waals surface area contributed by atoms with Gasteiger partial charge in [-0.3, -0.25) is 4.79 Å². The molecule has 1 atom stereocenters. The molecule has 1 aliphatic rings. The van der Waals surface area contributed by atoms with Crippen LogP contribution in [0, 0.1) is 5.92 Å². The van der Waals surface area contributed by atoms with Crippen molar-refractivity contribution in [1.82, 2.24) is 15.1 Å². The van der Waals surface area contributed by atoms with Gasteiger partial charge >= 0.3 is 0 Å². The Morgan fingerprint density at radius 3 is 2.62 bits per heavy atom. The van der Waals surface area contributed by atoms with Crippen LogP contribution in [0.2, 0.25) is 0 Å². The van der Waals surface area contributed by atoms with Crippen LogP contribution >= 0.6 is 0 Å². The number of likely N-dealkylation sites (tertiary alicyclic amines) is 1. The van der Waals surface area contributed by atoms with Gasteiger partial charge in [0.05, 0.1) is 5.69 Å². The van der Waals surface area contributed by atoms with Crippen molar-refractivity contribution in [2.75, 3.05) is 13.1 Å². The third-order valence-corrected chi connectivity index (χ3v) is 3.90. The van der Waals surface area contributed by atoms with E-state index < -0.39 is 0 Å². The number of rotatable bonds is 2. The largest absolute Gasteiger partial charge is 0.337 e. The van der Waals surface area contributed by atoms with Crippen molar-refractivity contribution in [3.63, 3.8) is 0 Å². The summed E-state index contributed by atoms with van der Waals surface area (Å²) in [5.41, 5.74) is 2.23. The van der Waals surface area contributed by atoms with E-state index in [4.69, 9.17) is 0 Å². The van der Waals surface area contributed by atoms with Crippen LogP contribution in [0.15, 0.2) is 42.5 Å². The summed E-state index contributed by atoms with van der Waals surface area (Å²) in [6.45, 7) is 3.83. The molecule has 1 fully saturated rings. The fraction of sp³-hybridized carbons (Fsp3) is 0.353. The molecule has 2 aromatic rings. The van der Waals surface area contributed by atoms with Crippen LogP contribution in [0.4, 0.5) is 0 Å². The van der Waals surface area contributed by atoms with E-state index in [1.807, 2.05) is 41.3 Å². The highest BCUT2D eigenvalue weighted by Crippen LogP contribution is 2.19. The molecule has 0 bridgehead atoms. The van der Waals surface area contributed by atoms with Crippen molar-refractivity contribution < 1.29 is 4.79 Å². The smallest absolute Gasteiger partial charge is 0.274 e. The maximum atomic E-state index is 12.4. The van der Waals surface area contributed by atoms with E-state index in [-0.39, 0.29) is 5.91 Å². The first-order valence-corrected chi connectivity index (χ1v) is 7.42. The highest BCUT2D eigenvalue weighted by molar-refractivity contribution is 5.92. The first kappa shape index (κ1) is 13.7. The molecular weight excluding hydrogens is 262 g/mol. The number of carbonyl (C=O) groups excluding carboxylic acids is 1. The van der Waals surface area contributed by atoms with Gasteiger partial charge in [0, 0.05) is 18.7 Å². The Kier molecular flexibility index (Phi) is 3.95. The molecule has 3 rings (SSSR count). The zero-order chi connectivity index (χ0) is 14.7. The van der Waals surface area contributed by atoms with E-state index in [1.54, 1.807) is 6.07 Å². The molecule has 2 heterocycles. The number of piperidine rings is 1. The number of hydrogen-bond acceptors (Lipinski definition) is 3. The van der Waals surface area contributed by atoms with Gasteiger partial charge in [-0.05, 0) is 30.9 Å². The summed E-state index contributed by atoms with van der Waals surface area (Å²) >= 11 is 0. The Balaban J connectivity index is 1.76. The van der Waals surface area contributed by atoms with Crippen molar-refractivity contribution in [2.24, 2.45) is 5.92 Å². The van der Waals surface area contributed by atoms with Gasteiger partial charge in [0.2, 0.25) is 0 Å². The average Bonchev–Trinajstić information content (AvgIpc) is 2.55. The fourth-order valence-electron chi connectivity index (χ4n) is 2.75. The molecule has 4 nitrogen and oxygen atoms in total. The van der Waals surface area contributed by atoms with Gasteiger partial charge in [0.1, 0.15) is 0 Å². The van der Waals surface area contributed by atoms with Gasteiger partial charge in [-0.25, -0.2) is 0 Å². The van der Waals surface area contributed by atoms with Crippen LogP contribution in [-0.4, -0.2) is 34.1 Å². The second kappa shape index (κ2) is 6.04. The molecule has 0 aliphatic carbocycles.